The molecule has 1 atom stereocenters. The van der Waals surface area contributed by atoms with Gasteiger partial charge in [0, 0.05) is 9.75 Å². The van der Waals surface area contributed by atoms with Gasteiger partial charge in [0.1, 0.15) is 5.75 Å². The lowest BCUT2D eigenvalue weighted by Crippen LogP contribution is -1.92. The van der Waals surface area contributed by atoms with Crippen molar-refractivity contribution < 1.29 is 4.74 Å². The summed E-state index contributed by atoms with van der Waals surface area (Å²) in [6.45, 7) is 4.22. The topological polar surface area (TPSA) is 9.23 Å². The van der Waals surface area contributed by atoms with Crippen LogP contribution in [0.3, 0.4) is 0 Å². The smallest absolute Gasteiger partial charge is 0.118 e. The molecule has 0 radical (unpaired) electrons. The molecular formula is C14H15ClOS. The Morgan fingerprint density at radius 1 is 1.18 bits per heavy atom. The van der Waals surface area contributed by atoms with Crippen LogP contribution in [0.5, 0.6) is 5.75 Å². The minimum absolute atomic E-state index is 0.0698. The molecule has 0 aliphatic carbocycles. The molecule has 3 heteroatoms. The minimum Gasteiger partial charge on any atom is -0.497 e. The zero-order valence-electron chi connectivity index (χ0n) is 10.2. The van der Waals surface area contributed by atoms with Crippen molar-refractivity contribution in [3.05, 3.63) is 51.2 Å². The van der Waals surface area contributed by atoms with E-state index in [2.05, 4.69) is 19.9 Å². The second kappa shape index (κ2) is 5.11. The van der Waals surface area contributed by atoms with Crippen LogP contribution >= 0.6 is 22.9 Å². The number of ether oxygens (including phenoxy) is 1. The molecule has 0 aliphatic heterocycles. The quantitative estimate of drug-likeness (QED) is 0.732. The molecule has 0 aliphatic rings. The summed E-state index contributed by atoms with van der Waals surface area (Å²) in [6, 6.07) is 10.1. The summed E-state index contributed by atoms with van der Waals surface area (Å²) in [5, 5.41) is -0.0698. The summed E-state index contributed by atoms with van der Waals surface area (Å²) >= 11 is 8.28. The van der Waals surface area contributed by atoms with E-state index in [1.165, 1.54) is 15.3 Å². The second-order valence-corrected chi connectivity index (χ2v) is 5.76. The number of rotatable bonds is 3. The summed E-state index contributed by atoms with van der Waals surface area (Å²) in [5.41, 5.74) is 2.38. The standard InChI is InChI=1S/C14H15ClOS/c1-9-8-10(2)17-14(9)13(15)11-4-6-12(16-3)7-5-11/h4-8,13H,1-3H3. The Morgan fingerprint density at radius 3 is 2.29 bits per heavy atom. The van der Waals surface area contributed by atoms with Gasteiger partial charge in [-0.1, -0.05) is 12.1 Å². The maximum Gasteiger partial charge on any atom is 0.118 e. The highest BCUT2D eigenvalue weighted by atomic mass is 35.5. The van der Waals surface area contributed by atoms with Gasteiger partial charge in [0.2, 0.25) is 0 Å². The number of benzene rings is 1. The van der Waals surface area contributed by atoms with Crippen molar-refractivity contribution in [2.45, 2.75) is 19.2 Å². The van der Waals surface area contributed by atoms with E-state index < -0.39 is 0 Å². The van der Waals surface area contributed by atoms with Gasteiger partial charge in [0.05, 0.1) is 12.5 Å². The fourth-order valence-electron chi connectivity index (χ4n) is 1.84. The van der Waals surface area contributed by atoms with E-state index in [0.717, 1.165) is 11.3 Å². The molecule has 0 spiro atoms. The zero-order chi connectivity index (χ0) is 12.4. The first-order valence-electron chi connectivity index (χ1n) is 5.46. The SMILES string of the molecule is COc1ccc(C(Cl)c2sc(C)cc2C)cc1. The van der Waals surface area contributed by atoms with Gasteiger partial charge in [-0.25, -0.2) is 0 Å². The van der Waals surface area contributed by atoms with E-state index in [-0.39, 0.29) is 5.38 Å². The molecule has 1 heterocycles. The zero-order valence-corrected chi connectivity index (χ0v) is 11.7. The van der Waals surface area contributed by atoms with Gasteiger partial charge >= 0.3 is 0 Å². The van der Waals surface area contributed by atoms with Crippen LogP contribution < -0.4 is 4.74 Å². The lowest BCUT2D eigenvalue weighted by Gasteiger charge is -2.10. The van der Waals surface area contributed by atoms with Crippen molar-refractivity contribution in [2.75, 3.05) is 7.11 Å². The molecule has 2 rings (SSSR count). The third-order valence-electron chi connectivity index (χ3n) is 2.72. The molecule has 1 nitrogen and oxygen atoms in total. The average Bonchev–Trinajstić information content (AvgIpc) is 2.68. The molecule has 1 aromatic carbocycles. The van der Waals surface area contributed by atoms with E-state index >= 15 is 0 Å². The number of alkyl halides is 1. The summed E-state index contributed by atoms with van der Waals surface area (Å²) in [7, 11) is 1.67. The van der Waals surface area contributed by atoms with Crippen LogP contribution in [-0.2, 0) is 0 Å². The predicted octanol–water partition coefficient (Wildman–Crippen LogP) is 4.70. The van der Waals surface area contributed by atoms with Gasteiger partial charge in [0.15, 0.2) is 0 Å². The highest BCUT2D eigenvalue weighted by Crippen LogP contribution is 2.36. The van der Waals surface area contributed by atoms with Crippen LogP contribution in [-0.4, -0.2) is 7.11 Å². The lowest BCUT2D eigenvalue weighted by atomic mass is 10.1. The van der Waals surface area contributed by atoms with Crippen LogP contribution in [0.15, 0.2) is 30.3 Å². The van der Waals surface area contributed by atoms with Crippen molar-refractivity contribution in [3.8, 4) is 5.75 Å². The molecule has 1 aromatic heterocycles. The van der Waals surface area contributed by atoms with Crippen LogP contribution in [0, 0.1) is 13.8 Å². The van der Waals surface area contributed by atoms with E-state index in [9.17, 15) is 0 Å². The predicted molar refractivity (Wildman–Crippen MR) is 74.5 cm³/mol. The third kappa shape index (κ3) is 2.64. The monoisotopic (exact) mass is 266 g/mol. The van der Waals surface area contributed by atoms with Crippen LogP contribution in [0.4, 0.5) is 0 Å². The number of hydrogen-bond acceptors (Lipinski definition) is 2. The van der Waals surface area contributed by atoms with Crippen molar-refractivity contribution in [2.24, 2.45) is 0 Å². The Labute approximate surface area is 111 Å². The molecule has 0 saturated carbocycles. The third-order valence-corrected chi connectivity index (χ3v) is 4.54. The first-order valence-corrected chi connectivity index (χ1v) is 6.72. The van der Waals surface area contributed by atoms with Gasteiger partial charge in [-0.2, -0.15) is 0 Å². The van der Waals surface area contributed by atoms with Crippen LogP contribution in [0.1, 0.15) is 26.3 Å². The average molecular weight is 267 g/mol. The van der Waals surface area contributed by atoms with E-state index in [1.54, 1.807) is 18.4 Å². The number of halogens is 1. The maximum atomic E-state index is 6.52. The molecule has 0 saturated heterocycles. The van der Waals surface area contributed by atoms with E-state index in [1.807, 2.05) is 24.3 Å². The minimum atomic E-state index is -0.0698. The molecule has 1 unspecified atom stereocenters. The number of aryl methyl sites for hydroxylation is 2. The fourth-order valence-corrected chi connectivity index (χ4v) is 3.33. The largest absolute Gasteiger partial charge is 0.497 e. The lowest BCUT2D eigenvalue weighted by molar-refractivity contribution is 0.414. The van der Waals surface area contributed by atoms with Gasteiger partial charge in [-0.15, -0.1) is 22.9 Å². The first-order chi connectivity index (χ1) is 8.11. The normalized spacial score (nSPS) is 12.5. The Bertz CT molecular complexity index is 501. The highest BCUT2D eigenvalue weighted by Gasteiger charge is 2.15. The number of thiophene rings is 1. The van der Waals surface area contributed by atoms with Gasteiger partial charge < -0.3 is 4.74 Å². The summed E-state index contributed by atoms with van der Waals surface area (Å²) in [6.07, 6.45) is 0. The molecule has 0 N–H and O–H groups in total. The number of hydrogen-bond donors (Lipinski definition) is 0. The van der Waals surface area contributed by atoms with Crippen molar-refractivity contribution >= 4 is 22.9 Å². The molecule has 17 heavy (non-hydrogen) atoms. The fraction of sp³-hybridized carbons (Fsp3) is 0.286. The van der Waals surface area contributed by atoms with Crippen molar-refractivity contribution in [1.29, 1.82) is 0 Å². The Kier molecular flexibility index (Phi) is 3.75. The van der Waals surface area contributed by atoms with Crippen molar-refractivity contribution in [3.63, 3.8) is 0 Å². The van der Waals surface area contributed by atoms with E-state index in [4.69, 9.17) is 16.3 Å². The Hall–Kier alpha value is -0.990. The Balaban J connectivity index is 2.30. The summed E-state index contributed by atoms with van der Waals surface area (Å²) in [4.78, 5) is 2.53. The van der Waals surface area contributed by atoms with Gasteiger partial charge in [0.25, 0.3) is 0 Å². The molecule has 0 fully saturated rings. The van der Waals surface area contributed by atoms with Gasteiger partial charge in [-0.05, 0) is 43.2 Å². The molecule has 0 bridgehead atoms. The highest BCUT2D eigenvalue weighted by molar-refractivity contribution is 7.12. The molecule has 90 valence electrons. The van der Waals surface area contributed by atoms with E-state index in [0.29, 0.717) is 0 Å². The van der Waals surface area contributed by atoms with Crippen LogP contribution in [0.25, 0.3) is 0 Å². The second-order valence-electron chi connectivity index (χ2n) is 4.04. The van der Waals surface area contributed by atoms with Gasteiger partial charge in [-0.3, -0.25) is 0 Å². The van der Waals surface area contributed by atoms with Crippen LogP contribution in [0.2, 0.25) is 0 Å². The summed E-state index contributed by atoms with van der Waals surface area (Å²) in [5.74, 6) is 0.858. The molecule has 2 aromatic rings. The Morgan fingerprint density at radius 2 is 1.82 bits per heavy atom. The first kappa shape index (κ1) is 12.5. The maximum absolute atomic E-state index is 6.52. The molecular weight excluding hydrogens is 252 g/mol. The summed E-state index contributed by atoms with van der Waals surface area (Å²) < 4.78 is 5.14. The molecule has 0 amide bonds. The van der Waals surface area contributed by atoms with Crippen molar-refractivity contribution in [1.82, 2.24) is 0 Å². The number of methoxy groups -OCH3 is 1.